The van der Waals surface area contributed by atoms with Crippen molar-refractivity contribution in [3.05, 3.63) is 59.9 Å². The van der Waals surface area contributed by atoms with Crippen molar-refractivity contribution >= 4 is 23.0 Å². The number of ether oxygens (including phenoxy) is 1. The number of fused-ring (bicyclic) bond motifs is 1. The monoisotopic (exact) mass is 370 g/mol. The maximum Gasteiger partial charge on any atom is 0.171 e. The Bertz CT molecular complexity index is 787. The van der Waals surface area contributed by atoms with Crippen LogP contribution in [0.15, 0.2) is 48.5 Å². The van der Waals surface area contributed by atoms with Gasteiger partial charge in [-0.1, -0.05) is 24.6 Å². The summed E-state index contributed by atoms with van der Waals surface area (Å²) in [4.78, 5) is 0. The van der Waals surface area contributed by atoms with Crippen molar-refractivity contribution in [1.82, 2.24) is 5.32 Å². The molecular formula is C21H23FN2OS. The van der Waals surface area contributed by atoms with E-state index in [-0.39, 0.29) is 17.5 Å². The number of hydrogen-bond donors (Lipinski definition) is 2. The molecule has 0 bridgehead atoms. The Kier molecular flexibility index (Phi) is 4.81. The molecule has 2 N–H and O–H groups in total. The molecule has 1 spiro atoms. The SMILES string of the molecule is Fc1ccc(NC(=S)NC2CC3(CCCCC3)Oc3ccccc32)cc1. The fraction of sp³-hybridized carbons (Fsp3) is 0.381. The molecule has 4 rings (SSSR count). The second kappa shape index (κ2) is 7.23. The Morgan fingerprint density at radius 3 is 2.54 bits per heavy atom. The van der Waals surface area contributed by atoms with Gasteiger partial charge in [0.2, 0.25) is 0 Å². The summed E-state index contributed by atoms with van der Waals surface area (Å²) in [5, 5.41) is 7.15. The molecule has 3 nitrogen and oxygen atoms in total. The molecule has 1 heterocycles. The van der Waals surface area contributed by atoms with Gasteiger partial charge < -0.3 is 15.4 Å². The van der Waals surface area contributed by atoms with Crippen molar-refractivity contribution in [2.45, 2.75) is 50.2 Å². The summed E-state index contributed by atoms with van der Waals surface area (Å²) in [5.41, 5.74) is 1.83. The number of rotatable bonds is 2. The van der Waals surface area contributed by atoms with Gasteiger partial charge in [0.25, 0.3) is 0 Å². The highest BCUT2D eigenvalue weighted by molar-refractivity contribution is 7.80. The molecule has 1 aliphatic carbocycles. The fourth-order valence-electron chi connectivity index (χ4n) is 4.11. The van der Waals surface area contributed by atoms with Crippen molar-refractivity contribution < 1.29 is 9.13 Å². The third-order valence-corrected chi connectivity index (χ3v) is 5.59. The molecule has 136 valence electrons. The van der Waals surface area contributed by atoms with Crippen LogP contribution >= 0.6 is 12.2 Å². The van der Waals surface area contributed by atoms with Crippen LogP contribution in [0, 0.1) is 5.82 Å². The highest BCUT2D eigenvalue weighted by Crippen LogP contribution is 2.46. The van der Waals surface area contributed by atoms with E-state index in [9.17, 15) is 4.39 Å². The van der Waals surface area contributed by atoms with E-state index in [4.69, 9.17) is 17.0 Å². The lowest BCUT2D eigenvalue weighted by Crippen LogP contribution is -2.47. The van der Waals surface area contributed by atoms with Crippen LogP contribution in [0.1, 0.15) is 50.1 Å². The minimum Gasteiger partial charge on any atom is -0.487 e. The van der Waals surface area contributed by atoms with E-state index in [1.807, 2.05) is 12.1 Å². The van der Waals surface area contributed by atoms with Gasteiger partial charge in [0.1, 0.15) is 17.2 Å². The number of halogens is 1. The molecule has 2 aromatic rings. The molecule has 0 aromatic heterocycles. The van der Waals surface area contributed by atoms with Gasteiger partial charge in [0, 0.05) is 17.7 Å². The van der Waals surface area contributed by atoms with Gasteiger partial charge in [-0.05, 0) is 68.2 Å². The number of benzene rings is 2. The average Bonchev–Trinajstić information content (AvgIpc) is 2.64. The van der Waals surface area contributed by atoms with E-state index >= 15 is 0 Å². The van der Waals surface area contributed by atoms with Gasteiger partial charge in [0.15, 0.2) is 5.11 Å². The zero-order valence-electron chi connectivity index (χ0n) is 14.6. The van der Waals surface area contributed by atoms with E-state index < -0.39 is 0 Å². The Morgan fingerprint density at radius 1 is 1.04 bits per heavy atom. The van der Waals surface area contributed by atoms with Crippen LogP contribution in [-0.4, -0.2) is 10.7 Å². The van der Waals surface area contributed by atoms with Crippen LogP contribution in [0.3, 0.4) is 0 Å². The Labute approximate surface area is 158 Å². The Morgan fingerprint density at radius 2 is 1.77 bits per heavy atom. The normalized spacial score (nSPS) is 20.7. The summed E-state index contributed by atoms with van der Waals surface area (Å²) in [7, 11) is 0. The largest absolute Gasteiger partial charge is 0.487 e. The first kappa shape index (κ1) is 17.3. The maximum atomic E-state index is 13.1. The second-order valence-electron chi connectivity index (χ2n) is 7.25. The van der Waals surface area contributed by atoms with E-state index in [1.165, 1.54) is 31.4 Å². The van der Waals surface area contributed by atoms with Gasteiger partial charge in [-0.2, -0.15) is 0 Å². The molecule has 0 radical (unpaired) electrons. The predicted molar refractivity (Wildman–Crippen MR) is 106 cm³/mol. The lowest BCUT2D eigenvalue weighted by atomic mass is 9.77. The molecular weight excluding hydrogens is 347 g/mol. The molecule has 1 atom stereocenters. The van der Waals surface area contributed by atoms with Crippen molar-refractivity contribution in [2.24, 2.45) is 0 Å². The molecule has 0 saturated heterocycles. The highest BCUT2D eigenvalue weighted by atomic mass is 32.1. The molecule has 26 heavy (non-hydrogen) atoms. The van der Waals surface area contributed by atoms with E-state index in [0.717, 1.165) is 36.3 Å². The summed E-state index contributed by atoms with van der Waals surface area (Å²) in [6.45, 7) is 0. The molecule has 0 amide bonds. The molecule has 5 heteroatoms. The van der Waals surface area contributed by atoms with Crippen LogP contribution < -0.4 is 15.4 Å². The third kappa shape index (κ3) is 3.68. The molecule has 1 unspecified atom stereocenters. The van der Waals surface area contributed by atoms with Gasteiger partial charge >= 0.3 is 0 Å². The minimum absolute atomic E-state index is 0.0875. The van der Waals surface area contributed by atoms with Gasteiger partial charge in [-0.15, -0.1) is 0 Å². The van der Waals surface area contributed by atoms with Crippen LogP contribution in [-0.2, 0) is 0 Å². The number of thiocarbonyl (C=S) groups is 1. The molecule has 2 aliphatic rings. The number of hydrogen-bond acceptors (Lipinski definition) is 2. The van der Waals surface area contributed by atoms with Crippen molar-refractivity contribution in [2.75, 3.05) is 5.32 Å². The summed E-state index contributed by atoms with van der Waals surface area (Å²) < 4.78 is 19.5. The van der Waals surface area contributed by atoms with Crippen molar-refractivity contribution in [1.29, 1.82) is 0 Å². The first-order chi connectivity index (χ1) is 12.6. The zero-order chi connectivity index (χ0) is 18.0. The third-order valence-electron chi connectivity index (χ3n) is 5.37. The average molecular weight is 370 g/mol. The van der Waals surface area contributed by atoms with E-state index in [1.54, 1.807) is 12.1 Å². The molecule has 1 aliphatic heterocycles. The van der Waals surface area contributed by atoms with Gasteiger partial charge in [-0.25, -0.2) is 4.39 Å². The van der Waals surface area contributed by atoms with Gasteiger partial charge in [-0.3, -0.25) is 0 Å². The van der Waals surface area contributed by atoms with Crippen molar-refractivity contribution in [3.8, 4) is 5.75 Å². The lowest BCUT2D eigenvalue weighted by Gasteiger charge is -2.44. The highest BCUT2D eigenvalue weighted by Gasteiger charge is 2.41. The maximum absolute atomic E-state index is 13.1. The van der Waals surface area contributed by atoms with Crippen LogP contribution in [0.4, 0.5) is 10.1 Å². The fourth-order valence-corrected chi connectivity index (χ4v) is 4.37. The number of nitrogens with one attached hydrogen (secondary N) is 2. The topological polar surface area (TPSA) is 33.3 Å². The summed E-state index contributed by atoms with van der Waals surface area (Å²) in [6.07, 6.45) is 6.82. The Hall–Kier alpha value is -2.14. The smallest absolute Gasteiger partial charge is 0.171 e. The molecule has 1 saturated carbocycles. The van der Waals surface area contributed by atoms with Crippen LogP contribution in [0.25, 0.3) is 0 Å². The van der Waals surface area contributed by atoms with E-state index in [2.05, 4.69) is 22.8 Å². The number of anilines is 1. The zero-order valence-corrected chi connectivity index (χ0v) is 15.4. The molecule has 2 aromatic carbocycles. The summed E-state index contributed by atoms with van der Waals surface area (Å²) in [5.74, 6) is 0.703. The van der Waals surface area contributed by atoms with Crippen LogP contribution in [0.5, 0.6) is 5.75 Å². The minimum atomic E-state index is -0.257. The Balaban J connectivity index is 1.52. The first-order valence-electron chi connectivity index (χ1n) is 9.25. The summed E-state index contributed by atoms with van der Waals surface area (Å²) in [6, 6.07) is 14.5. The summed E-state index contributed by atoms with van der Waals surface area (Å²) >= 11 is 5.51. The van der Waals surface area contributed by atoms with Crippen LogP contribution in [0.2, 0.25) is 0 Å². The lowest BCUT2D eigenvalue weighted by molar-refractivity contribution is -0.000309. The first-order valence-corrected chi connectivity index (χ1v) is 9.65. The van der Waals surface area contributed by atoms with E-state index in [0.29, 0.717) is 5.11 Å². The van der Waals surface area contributed by atoms with Crippen molar-refractivity contribution in [3.63, 3.8) is 0 Å². The second-order valence-corrected chi connectivity index (χ2v) is 7.65. The number of para-hydroxylation sites is 1. The quantitative estimate of drug-likeness (QED) is 0.699. The standard InChI is InChI=1S/C21H23FN2OS/c22-15-8-10-16(11-9-15)23-20(26)24-18-14-21(12-4-1-5-13-21)25-19-7-3-2-6-17(18)19/h2-3,6-11,18H,1,4-5,12-14H2,(H2,23,24,26). The van der Waals surface area contributed by atoms with Gasteiger partial charge in [0.05, 0.1) is 6.04 Å². The molecule has 1 fully saturated rings. The predicted octanol–water partition coefficient (Wildman–Crippen LogP) is 5.34.